The summed E-state index contributed by atoms with van der Waals surface area (Å²) in [6.45, 7) is 1.91. The summed E-state index contributed by atoms with van der Waals surface area (Å²) < 4.78 is 5.48. The van der Waals surface area contributed by atoms with Crippen molar-refractivity contribution in [1.82, 2.24) is 4.98 Å². The van der Waals surface area contributed by atoms with E-state index in [4.69, 9.17) is 15.9 Å². The van der Waals surface area contributed by atoms with Crippen LogP contribution in [0.25, 0.3) is 10.8 Å². The Morgan fingerprint density at radius 2 is 2.21 bits per heavy atom. The van der Waals surface area contributed by atoms with E-state index in [-0.39, 0.29) is 11.9 Å². The lowest BCUT2D eigenvalue weighted by atomic mass is 10.1. The zero-order chi connectivity index (χ0) is 13.2. The normalized spacial score (nSPS) is 19.6. The predicted octanol–water partition coefficient (Wildman–Crippen LogP) is 1.38. The standard InChI is InChI=1S/C14H16N4O/c15-13(16)12-9-18(7-8-19-12)14-11-4-2-1-3-10(11)5-6-17-14/h1-6,12H,7-9H2,(H3,15,16). The first-order chi connectivity index (χ1) is 9.25. The average molecular weight is 256 g/mol. The van der Waals surface area contributed by atoms with Gasteiger partial charge in [0.2, 0.25) is 0 Å². The summed E-state index contributed by atoms with van der Waals surface area (Å²) in [6.07, 6.45) is 1.48. The van der Waals surface area contributed by atoms with E-state index >= 15 is 0 Å². The third-order valence-electron chi connectivity index (χ3n) is 3.37. The lowest BCUT2D eigenvalue weighted by molar-refractivity contribution is 0.0824. The highest BCUT2D eigenvalue weighted by atomic mass is 16.5. The molecule has 0 bridgehead atoms. The van der Waals surface area contributed by atoms with Crippen molar-refractivity contribution in [2.24, 2.45) is 5.73 Å². The van der Waals surface area contributed by atoms with E-state index in [1.54, 1.807) is 0 Å². The van der Waals surface area contributed by atoms with E-state index in [2.05, 4.69) is 22.0 Å². The van der Waals surface area contributed by atoms with E-state index in [1.807, 2.05) is 24.4 Å². The topological polar surface area (TPSA) is 75.2 Å². The number of amidine groups is 1. The molecule has 0 saturated carbocycles. The largest absolute Gasteiger partial charge is 0.385 e. The summed E-state index contributed by atoms with van der Waals surface area (Å²) in [5.41, 5.74) is 5.53. The van der Waals surface area contributed by atoms with Gasteiger partial charge in [0.25, 0.3) is 0 Å². The number of benzene rings is 1. The Morgan fingerprint density at radius 3 is 3.05 bits per heavy atom. The van der Waals surface area contributed by atoms with Crippen LogP contribution in [0.15, 0.2) is 36.5 Å². The number of anilines is 1. The van der Waals surface area contributed by atoms with Gasteiger partial charge in [0, 0.05) is 18.1 Å². The van der Waals surface area contributed by atoms with Crippen LogP contribution < -0.4 is 10.6 Å². The number of nitrogens with one attached hydrogen (secondary N) is 1. The van der Waals surface area contributed by atoms with Crippen molar-refractivity contribution in [2.75, 3.05) is 24.6 Å². The fourth-order valence-electron chi connectivity index (χ4n) is 2.39. The number of morpholine rings is 1. The van der Waals surface area contributed by atoms with Gasteiger partial charge < -0.3 is 15.4 Å². The molecule has 98 valence electrons. The number of rotatable bonds is 2. The molecule has 0 amide bonds. The summed E-state index contributed by atoms with van der Waals surface area (Å²) in [6, 6.07) is 10.2. The number of pyridine rings is 1. The molecule has 5 heteroatoms. The molecule has 1 saturated heterocycles. The molecule has 1 unspecified atom stereocenters. The Hall–Kier alpha value is -2.14. The first kappa shape index (κ1) is 11.9. The maximum Gasteiger partial charge on any atom is 0.136 e. The second kappa shape index (κ2) is 4.85. The van der Waals surface area contributed by atoms with Gasteiger partial charge in [0.1, 0.15) is 17.8 Å². The van der Waals surface area contributed by atoms with Crippen LogP contribution in [-0.2, 0) is 4.74 Å². The second-order valence-corrected chi connectivity index (χ2v) is 4.62. The quantitative estimate of drug-likeness (QED) is 0.628. The highest BCUT2D eigenvalue weighted by Crippen LogP contribution is 2.25. The minimum Gasteiger partial charge on any atom is -0.385 e. The van der Waals surface area contributed by atoms with Crippen LogP contribution in [0.2, 0.25) is 0 Å². The number of fused-ring (bicyclic) bond motifs is 1. The summed E-state index contributed by atoms with van der Waals surface area (Å²) in [5.74, 6) is 1.01. The van der Waals surface area contributed by atoms with Gasteiger partial charge in [-0.2, -0.15) is 0 Å². The number of hydrogen-bond acceptors (Lipinski definition) is 4. The Kier molecular flexibility index (Phi) is 3.05. The van der Waals surface area contributed by atoms with Gasteiger partial charge in [-0.25, -0.2) is 4.98 Å². The molecule has 2 heterocycles. The lowest BCUT2D eigenvalue weighted by Gasteiger charge is -2.33. The average Bonchev–Trinajstić information content (AvgIpc) is 2.47. The predicted molar refractivity (Wildman–Crippen MR) is 75.6 cm³/mol. The van der Waals surface area contributed by atoms with Crippen LogP contribution in [0.3, 0.4) is 0 Å². The van der Waals surface area contributed by atoms with E-state index in [0.717, 1.165) is 17.7 Å². The molecule has 1 atom stereocenters. The van der Waals surface area contributed by atoms with Crippen LogP contribution in [0.4, 0.5) is 5.82 Å². The van der Waals surface area contributed by atoms with Crippen molar-refractivity contribution >= 4 is 22.4 Å². The Bertz CT molecular complexity index is 608. The molecule has 5 nitrogen and oxygen atoms in total. The Labute approximate surface area is 111 Å². The Morgan fingerprint density at radius 1 is 1.37 bits per heavy atom. The van der Waals surface area contributed by atoms with Crippen LogP contribution in [-0.4, -0.2) is 36.6 Å². The third-order valence-corrected chi connectivity index (χ3v) is 3.37. The zero-order valence-electron chi connectivity index (χ0n) is 10.5. The van der Waals surface area contributed by atoms with Gasteiger partial charge in [-0.1, -0.05) is 24.3 Å². The SMILES string of the molecule is N=C(N)C1CN(c2nccc3ccccc23)CCO1. The molecule has 3 N–H and O–H groups in total. The van der Waals surface area contributed by atoms with Gasteiger partial charge in [-0.15, -0.1) is 0 Å². The van der Waals surface area contributed by atoms with Crippen molar-refractivity contribution < 1.29 is 4.74 Å². The van der Waals surface area contributed by atoms with Crippen molar-refractivity contribution in [3.63, 3.8) is 0 Å². The molecule has 19 heavy (non-hydrogen) atoms. The van der Waals surface area contributed by atoms with Crippen LogP contribution in [0.1, 0.15) is 0 Å². The van der Waals surface area contributed by atoms with Gasteiger partial charge in [0.15, 0.2) is 0 Å². The minimum atomic E-state index is -0.338. The molecule has 1 fully saturated rings. The monoisotopic (exact) mass is 256 g/mol. The molecule has 0 radical (unpaired) electrons. The molecular weight excluding hydrogens is 240 g/mol. The van der Waals surface area contributed by atoms with Crippen LogP contribution >= 0.6 is 0 Å². The summed E-state index contributed by atoms with van der Waals surface area (Å²) in [7, 11) is 0. The van der Waals surface area contributed by atoms with E-state index in [9.17, 15) is 0 Å². The van der Waals surface area contributed by atoms with Crippen molar-refractivity contribution in [3.8, 4) is 0 Å². The summed E-state index contributed by atoms with van der Waals surface area (Å²) in [4.78, 5) is 6.62. The molecular formula is C14H16N4O. The van der Waals surface area contributed by atoms with Crippen LogP contribution in [0, 0.1) is 5.41 Å². The minimum absolute atomic E-state index is 0.0740. The molecule has 1 aromatic heterocycles. The fourth-order valence-corrected chi connectivity index (χ4v) is 2.39. The highest BCUT2D eigenvalue weighted by molar-refractivity contribution is 5.92. The third kappa shape index (κ3) is 2.24. The maximum absolute atomic E-state index is 7.51. The molecule has 1 aliphatic rings. The number of nitrogens with two attached hydrogens (primary N) is 1. The Balaban J connectivity index is 1.97. The van der Waals surface area contributed by atoms with Crippen molar-refractivity contribution in [1.29, 1.82) is 5.41 Å². The fraction of sp³-hybridized carbons (Fsp3) is 0.286. The van der Waals surface area contributed by atoms with Crippen molar-refractivity contribution in [2.45, 2.75) is 6.10 Å². The second-order valence-electron chi connectivity index (χ2n) is 4.62. The molecule has 0 spiro atoms. The highest BCUT2D eigenvalue weighted by Gasteiger charge is 2.24. The molecule has 0 aliphatic carbocycles. The number of aromatic nitrogens is 1. The van der Waals surface area contributed by atoms with Gasteiger partial charge in [-0.3, -0.25) is 5.41 Å². The number of ether oxygens (including phenoxy) is 1. The number of nitrogens with zero attached hydrogens (tertiary/aromatic N) is 2. The van der Waals surface area contributed by atoms with E-state index < -0.39 is 0 Å². The molecule has 3 rings (SSSR count). The van der Waals surface area contributed by atoms with Crippen LogP contribution in [0.5, 0.6) is 0 Å². The molecule has 1 aromatic carbocycles. The summed E-state index contributed by atoms with van der Waals surface area (Å²) in [5, 5.41) is 9.79. The number of hydrogen-bond donors (Lipinski definition) is 2. The molecule has 1 aliphatic heterocycles. The van der Waals surface area contributed by atoms with Gasteiger partial charge >= 0.3 is 0 Å². The first-order valence-electron chi connectivity index (χ1n) is 6.30. The zero-order valence-corrected chi connectivity index (χ0v) is 10.5. The van der Waals surface area contributed by atoms with Gasteiger partial charge in [-0.05, 0) is 11.5 Å². The first-order valence-corrected chi connectivity index (χ1v) is 6.30. The van der Waals surface area contributed by atoms with E-state index in [0.29, 0.717) is 13.2 Å². The molecule has 2 aromatic rings. The smallest absolute Gasteiger partial charge is 0.136 e. The van der Waals surface area contributed by atoms with Gasteiger partial charge in [0.05, 0.1) is 13.2 Å². The van der Waals surface area contributed by atoms with Crippen molar-refractivity contribution in [3.05, 3.63) is 36.5 Å². The maximum atomic E-state index is 7.51. The van der Waals surface area contributed by atoms with E-state index in [1.165, 1.54) is 5.39 Å². The lowest BCUT2D eigenvalue weighted by Crippen LogP contribution is -2.48. The summed E-state index contributed by atoms with van der Waals surface area (Å²) >= 11 is 0.